The number of pyridine rings is 1. The van der Waals surface area contributed by atoms with Gasteiger partial charge in [-0.05, 0) is 31.2 Å². The molecule has 0 unspecified atom stereocenters. The number of carbonyl (C=O) groups excluding carboxylic acids is 1. The number of rotatable bonds is 9. The number of hydrogen-bond donors (Lipinski definition) is 6. The highest BCUT2D eigenvalue weighted by atomic mass is 32.2. The molecule has 1 amide bonds. The number of aryl methyl sites for hydroxylation is 1. The Morgan fingerprint density at radius 1 is 1.19 bits per heavy atom. The SMILES string of the molecule is Cc1ccc(NS(=O)(=O)c2ccccc2F)c(=O)n1CC(=O)NCCONC(=N)N.O=C(O)C(F)(F)F. The minimum absolute atomic E-state index is 0.0156. The zero-order valence-electron chi connectivity index (χ0n) is 18.9. The quantitative estimate of drug-likeness (QED) is 0.0825. The van der Waals surface area contributed by atoms with Gasteiger partial charge >= 0.3 is 12.1 Å². The van der Waals surface area contributed by atoms with Crippen molar-refractivity contribution in [2.24, 2.45) is 5.73 Å². The topological polar surface area (TPSA) is 206 Å². The molecule has 0 fully saturated rings. The second-order valence-corrected chi connectivity index (χ2v) is 8.48. The maximum Gasteiger partial charge on any atom is 0.490 e. The first-order valence-electron chi connectivity index (χ1n) is 9.82. The van der Waals surface area contributed by atoms with E-state index in [1.165, 1.54) is 24.3 Å². The number of aliphatic carboxylic acids is 1. The second-order valence-electron chi connectivity index (χ2n) is 6.83. The molecule has 1 aromatic heterocycles. The largest absolute Gasteiger partial charge is 0.490 e. The number of carbonyl (C=O) groups is 2. The van der Waals surface area contributed by atoms with E-state index in [-0.39, 0.29) is 25.4 Å². The summed E-state index contributed by atoms with van der Waals surface area (Å²) in [5.41, 5.74) is 6.44. The Labute approximate surface area is 206 Å². The predicted octanol–water partition coefficient (Wildman–Crippen LogP) is 0.261. The Hall–Kier alpha value is -4.19. The number of sulfonamides is 1. The van der Waals surface area contributed by atoms with Gasteiger partial charge in [0.25, 0.3) is 15.6 Å². The molecule has 37 heavy (non-hydrogen) atoms. The average Bonchev–Trinajstić information content (AvgIpc) is 2.78. The molecule has 0 aliphatic carbocycles. The van der Waals surface area contributed by atoms with Crippen molar-refractivity contribution >= 4 is 33.5 Å². The van der Waals surface area contributed by atoms with Crippen molar-refractivity contribution < 1.29 is 45.5 Å². The second kappa shape index (κ2) is 13.2. The molecule has 1 aromatic carbocycles. The lowest BCUT2D eigenvalue weighted by Crippen LogP contribution is -2.37. The summed E-state index contributed by atoms with van der Waals surface area (Å²) in [5.74, 6) is -4.63. The third kappa shape index (κ3) is 10.1. The number of nitrogens with two attached hydrogens (primary N) is 1. The molecular weight excluding hydrogens is 532 g/mol. The van der Waals surface area contributed by atoms with Crippen LogP contribution in [0, 0.1) is 18.2 Å². The molecule has 0 saturated heterocycles. The van der Waals surface area contributed by atoms with Gasteiger partial charge < -0.3 is 20.7 Å². The van der Waals surface area contributed by atoms with E-state index in [4.69, 9.17) is 25.9 Å². The van der Waals surface area contributed by atoms with E-state index < -0.39 is 50.3 Å². The number of benzene rings is 1. The number of nitrogens with one attached hydrogen (secondary N) is 4. The highest BCUT2D eigenvalue weighted by molar-refractivity contribution is 7.92. The maximum absolute atomic E-state index is 13.8. The summed E-state index contributed by atoms with van der Waals surface area (Å²) in [7, 11) is -4.34. The van der Waals surface area contributed by atoms with Gasteiger partial charge in [-0.15, -0.1) is 0 Å². The first-order valence-corrected chi connectivity index (χ1v) is 11.3. The molecule has 18 heteroatoms. The van der Waals surface area contributed by atoms with Gasteiger partial charge in [-0.1, -0.05) is 12.1 Å². The first-order chi connectivity index (χ1) is 17.1. The Kier molecular flexibility index (Phi) is 11.0. The molecule has 2 rings (SSSR count). The Balaban J connectivity index is 0.000000856. The number of hydrogen-bond acceptors (Lipinski definition) is 7. The molecule has 0 spiro atoms. The van der Waals surface area contributed by atoms with Crippen molar-refractivity contribution in [3.8, 4) is 0 Å². The van der Waals surface area contributed by atoms with Crippen molar-refractivity contribution in [1.82, 2.24) is 15.4 Å². The first kappa shape index (κ1) is 30.8. The minimum atomic E-state index is -5.08. The number of halogens is 4. The third-order valence-corrected chi connectivity index (χ3v) is 5.41. The van der Waals surface area contributed by atoms with E-state index in [9.17, 15) is 35.6 Å². The van der Waals surface area contributed by atoms with Crippen LogP contribution in [0.5, 0.6) is 0 Å². The van der Waals surface area contributed by atoms with Crippen LogP contribution in [0.4, 0.5) is 23.2 Å². The molecule has 204 valence electrons. The van der Waals surface area contributed by atoms with Gasteiger partial charge in [0.1, 0.15) is 22.9 Å². The van der Waals surface area contributed by atoms with Crippen molar-refractivity contribution in [3.05, 3.63) is 58.3 Å². The van der Waals surface area contributed by atoms with Gasteiger partial charge in [0, 0.05) is 12.2 Å². The smallest absolute Gasteiger partial charge is 0.475 e. The van der Waals surface area contributed by atoms with Gasteiger partial charge in [0.15, 0.2) is 0 Å². The molecule has 2 aromatic rings. The van der Waals surface area contributed by atoms with Crippen LogP contribution in [0.1, 0.15) is 5.69 Å². The summed E-state index contributed by atoms with van der Waals surface area (Å²) < 4.78 is 73.5. The fourth-order valence-corrected chi connectivity index (χ4v) is 3.51. The summed E-state index contributed by atoms with van der Waals surface area (Å²) in [6.07, 6.45) is -5.08. The Bertz CT molecular complexity index is 1300. The number of amides is 1. The van der Waals surface area contributed by atoms with Crippen LogP contribution in [0.15, 0.2) is 46.1 Å². The number of alkyl halides is 3. The lowest BCUT2D eigenvalue weighted by Gasteiger charge is -2.14. The lowest BCUT2D eigenvalue weighted by molar-refractivity contribution is -0.192. The van der Waals surface area contributed by atoms with Crippen LogP contribution in [0.3, 0.4) is 0 Å². The number of nitrogens with zero attached hydrogens (tertiary/aromatic N) is 1. The summed E-state index contributed by atoms with van der Waals surface area (Å²) in [5, 5.41) is 16.5. The Morgan fingerprint density at radius 2 is 1.78 bits per heavy atom. The number of carboxylic acid groups (broad SMARTS) is 1. The van der Waals surface area contributed by atoms with Crippen LogP contribution in [-0.2, 0) is 31.0 Å². The number of carboxylic acids is 1. The molecule has 0 atom stereocenters. The van der Waals surface area contributed by atoms with Gasteiger partial charge in [-0.25, -0.2) is 23.1 Å². The summed E-state index contributed by atoms with van der Waals surface area (Å²) in [6.45, 7) is 1.29. The molecule has 7 N–H and O–H groups in total. The minimum Gasteiger partial charge on any atom is -0.475 e. The molecular formula is C19H22F4N6O7S. The standard InChI is InChI=1S/C17H21FN6O5S.C2HF3O2/c1-11-6-7-13(23-30(27,28)14-5-3-2-4-12(14)18)16(26)24(11)10-15(25)21-8-9-29-22-17(19)20;3-2(4,5)1(6)7/h2-7,23H,8-10H2,1H3,(H,21,25)(H4,19,20,22);(H,6,7). The monoisotopic (exact) mass is 554 g/mol. The average molecular weight is 554 g/mol. The molecule has 1 heterocycles. The third-order valence-electron chi connectivity index (χ3n) is 4.02. The number of hydroxylamine groups is 1. The summed E-state index contributed by atoms with van der Waals surface area (Å²) in [4.78, 5) is 37.8. The van der Waals surface area contributed by atoms with E-state index in [2.05, 4.69) is 15.5 Å². The van der Waals surface area contributed by atoms with Gasteiger partial charge in [-0.2, -0.15) is 13.2 Å². The zero-order chi connectivity index (χ0) is 28.4. The molecule has 0 bridgehead atoms. The fourth-order valence-electron chi connectivity index (χ4n) is 2.38. The normalized spacial score (nSPS) is 11.1. The number of aromatic nitrogens is 1. The molecule has 0 aliphatic rings. The fraction of sp³-hybridized carbons (Fsp3) is 0.263. The van der Waals surface area contributed by atoms with Crippen LogP contribution in [0.25, 0.3) is 0 Å². The van der Waals surface area contributed by atoms with Crippen molar-refractivity contribution in [2.75, 3.05) is 17.9 Å². The highest BCUT2D eigenvalue weighted by Gasteiger charge is 2.38. The molecule has 0 aliphatic heterocycles. The van der Waals surface area contributed by atoms with E-state index in [0.717, 1.165) is 16.7 Å². The van der Waals surface area contributed by atoms with Crippen molar-refractivity contribution in [1.29, 1.82) is 5.41 Å². The number of guanidine groups is 1. The van der Waals surface area contributed by atoms with E-state index in [1.54, 1.807) is 6.92 Å². The van der Waals surface area contributed by atoms with Gasteiger partial charge in [0.05, 0.1) is 6.61 Å². The molecule has 13 nitrogen and oxygen atoms in total. The lowest BCUT2D eigenvalue weighted by atomic mass is 10.3. The maximum atomic E-state index is 13.8. The highest BCUT2D eigenvalue weighted by Crippen LogP contribution is 2.17. The summed E-state index contributed by atoms with van der Waals surface area (Å²) in [6, 6.07) is 7.44. The van der Waals surface area contributed by atoms with E-state index >= 15 is 0 Å². The van der Waals surface area contributed by atoms with Gasteiger partial charge in [0.2, 0.25) is 11.9 Å². The van der Waals surface area contributed by atoms with Crippen molar-refractivity contribution in [2.45, 2.75) is 24.5 Å². The van der Waals surface area contributed by atoms with Crippen molar-refractivity contribution in [3.63, 3.8) is 0 Å². The molecule has 0 radical (unpaired) electrons. The summed E-state index contributed by atoms with van der Waals surface area (Å²) >= 11 is 0. The van der Waals surface area contributed by atoms with Crippen LogP contribution >= 0.6 is 0 Å². The van der Waals surface area contributed by atoms with E-state index in [1.807, 2.05) is 0 Å². The van der Waals surface area contributed by atoms with Crippen LogP contribution in [0.2, 0.25) is 0 Å². The van der Waals surface area contributed by atoms with E-state index in [0.29, 0.717) is 5.69 Å². The van der Waals surface area contributed by atoms with Crippen LogP contribution < -0.4 is 26.8 Å². The predicted molar refractivity (Wildman–Crippen MR) is 120 cm³/mol. The molecule has 0 saturated carbocycles. The van der Waals surface area contributed by atoms with Crippen LogP contribution in [-0.4, -0.2) is 55.3 Å². The number of anilines is 1. The Morgan fingerprint density at radius 3 is 2.32 bits per heavy atom. The van der Waals surface area contributed by atoms with Gasteiger partial charge in [-0.3, -0.25) is 24.6 Å². The zero-order valence-corrected chi connectivity index (χ0v) is 19.7.